The zero-order valence-electron chi connectivity index (χ0n) is 15.6. The molecule has 1 aliphatic heterocycles. The summed E-state index contributed by atoms with van der Waals surface area (Å²) in [5.74, 6) is 0.257. The summed E-state index contributed by atoms with van der Waals surface area (Å²) in [6.07, 6.45) is 8.53. The molecule has 0 bridgehead atoms. The van der Waals surface area contributed by atoms with Crippen LogP contribution in [0.5, 0.6) is 0 Å². The standard InChI is InChI=1S/C21H28N4O/c1-23-20(12-13-22-23)10-11-21(26)25-16-6-15-24(17-18-25)14-5-9-19-7-3-2-4-8-19/h2-5,7-9,12-13H,6,10-11,14-18H2,1H3/b9-5+. The average Bonchev–Trinajstić information content (AvgIpc) is 2.92. The van der Waals surface area contributed by atoms with E-state index in [0.29, 0.717) is 6.42 Å². The van der Waals surface area contributed by atoms with Crippen molar-refractivity contribution in [3.63, 3.8) is 0 Å². The van der Waals surface area contributed by atoms with Gasteiger partial charge in [-0.2, -0.15) is 5.10 Å². The number of amides is 1. The van der Waals surface area contributed by atoms with Crippen LogP contribution in [0.4, 0.5) is 0 Å². The van der Waals surface area contributed by atoms with E-state index in [-0.39, 0.29) is 5.91 Å². The first-order valence-electron chi connectivity index (χ1n) is 9.41. The van der Waals surface area contributed by atoms with Gasteiger partial charge < -0.3 is 4.90 Å². The van der Waals surface area contributed by atoms with Crippen LogP contribution in [0.3, 0.4) is 0 Å². The monoisotopic (exact) mass is 352 g/mol. The molecule has 1 amide bonds. The van der Waals surface area contributed by atoms with Crippen LogP contribution in [0, 0.1) is 0 Å². The van der Waals surface area contributed by atoms with Crippen LogP contribution in [0.15, 0.2) is 48.7 Å². The molecule has 0 atom stereocenters. The highest BCUT2D eigenvalue weighted by atomic mass is 16.2. The van der Waals surface area contributed by atoms with E-state index in [9.17, 15) is 4.79 Å². The number of rotatable bonds is 6. The Kier molecular flexibility index (Phi) is 6.61. The fourth-order valence-corrected chi connectivity index (χ4v) is 3.34. The Morgan fingerprint density at radius 2 is 1.96 bits per heavy atom. The van der Waals surface area contributed by atoms with Gasteiger partial charge in [0.25, 0.3) is 0 Å². The molecule has 26 heavy (non-hydrogen) atoms. The largest absolute Gasteiger partial charge is 0.341 e. The summed E-state index contributed by atoms with van der Waals surface area (Å²) >= 11 is 0. The van der Waals surface area contributed by atoms with Gasteiger partial charge in [-0.05, 0) is 24.5 Å². The van der Waals surface area contributed by atoms with E-state index in [1.807, 2.05) is 28.8 Å². The van der Waals surface area contributed by atoms with Crippen LogP contribution in [-0.2, 0) is 18.3 Å². The van der Waals surface area contributed by atoms with Gasteiger partial charge in [-0.15, -0.1) is 0 Å². The maximum absolute atomic E-state index is 12.5. The number of carbonyl (C=O) groups excluding carboxylic acids is 1. The van der Waals surface area contributed by atoms with Crippen LogP contribution in [0.2, 0.25) is 0 Å². The van der Waals surface area contributed by atoms with Gasteiger partial charge in [-0.1, -0.05) is 42.5 Å². The van der Waals surface area contributed by atoms with E-state index in [0.717, 1.165) is 51.3 Å². The summed E-state index contributed by atoms with van der Waals surface area (Å²) in [4.78, 5) is 17.0. The minimum atomic E-state index is 0.257. The summed E-state index contributed by atoms with van der Waals surface area (Å²) in [5, 5.41) is 4.16. The van der Waals surface area contributed by atoms with Gasteiger partial charge in [0.15, 0.2) is 0 Å². The van der Waals surface area contributed by atoms with Gasteiger partial charge in [-0.3, -0.25) is 14.4 Å². The lowest BCUT2D eigenvalue weighted by atomic mass is 10.2. The van der Waals surface area contributed by atoms with E-state index < -0.39 is 0 Å². The van der Waals surface area contributed by atoms with Crippen LogP contribution in [-0.4, -0.2) is 58.2 Å². The molecule has 0 N–H and O–H groups in total. The molecular weight excluding hydrogens is 324 g/mol. The van der Waals surface area contributed by atoms with Gasteiger partial charge >= 0.3 is 0 Å². The van der Waals surface area contributed by atoms with Crippen molar-refractivity contribution in [1.82, 2.24) is 19.6 Å². The minimum Gasteiger partial charge on any atom is -0.341 e. The second-order valence-corrected chi connectivity index (χ2v) is 6.79. The maximum atomic E-state index is 12.5. The molecule has 1 aromatic heterocycles. The summed E-state index contributed by atoms with van der Waals surface area (Å²) in [6, 6.07) is 12.4. The van der Waals surface area contributed by atoms with Gasteiger partial charge in [0.1, 0.15) is 0 Å². The summed E-state index contributed by atoms with van der Waals surface area (Å²) in [7, 11) is 1.92. The Hall–Kier alpha value is -2.40. The maximum Gasteiger partial charge on any atom is 0.223 e. The molecule has 1 saturated heterocycles. The van der Waals surface area contributed by atoms with Crippen molar-refractivity contribution in [3.05, 3.63) is 59.9 Å². The molecule has 1 aliphatic rings. The number of hydrogen-bond acceptors (Lipinski definition) is 3. The highest BCUT2D eigenvalue weighted by Crippen LogP contribution is 2.09. The third-order valence-electron chi connectivity index (χ3n) is 4.93. The SMILES string of the molecule is Cn1nccc1CCC(=O)N1CCCN(C/C=C/c2ccccc2)CC1. The second-order valence-electron chi connectivity index (χ2n) is 6.79. The average molecular weight is 352 g/mol. The van der Waals surface area contributed by atoms with Crippen LogP contribution < -0.4 is 0 Å². The molecule has 2 aromatic rings. The van der Waals surface area contributed by atoms with Crippen molar-refractivity contribution in [2.24, 2.45) is 7.05 Å². The third-order valence-corrected chi connectivity index (χ3v) is 4.93. The van der Waals surface area contributed by atoms with Crippen molar-refractivity contribution in [2.75, 3.05) is 32.7 Å². The van der Waals surface area contributed by atoms with Crippen molar-refractivity contribution in [1.29, 1.82) is 0 Å². The second kappa shape index (κ2) is 9.34. The number of carbonyl (C=O) groups is 1. The predicted octanol–water partition coefficient (Wildman–Crippen LogP) is 2.60. The topological polar surface area (TPSA) is 41.4 Å². The van der Waals surface area contributed by atoms with E-state index >= 15 is 0 Å². The lowest BCUT2D eigenvalue weighted by Crippen LogP contribution is -2.35. The molecule has 1 fully saturated rings. The molecule has 0 saturated carbocycles. The number of benzene rings is 1. The van der Waals surface area contributed by atoms with E-state index in [4.69, 9.17) is 0 Å². The van der Waals surface area contributed by atoms with E-state index in [2.05, 4.69) is 46.4 Å². The van der Waals surface area contributed by atoms with Crippen LogP contribution >= 0.6 is 0 Å². The number of hydrogen-bond donors (Lipinski definition) is 0. The first-order chi connectivity index (χ1) is 12.7. The Balaban J connectivity index is 1.43. The number of aromatic nitrogens is 2. The lowest BCUT2D eigenvalue weighted by molar-refractivity contribution is -0.131. The fourth-order valence-electron chi connectivity index (χ4n) is 3.34. The van der Waals surface area contributed by atoms with Crippen molar-refractivity contribution in [2.45, 2.75) is 19.3 Å². The Bertz CT molecular complexity index is 723. The quantitative estimate of drug-likeness (QED) is 0.802. The van der Waals surface area contributed by atoms with Gasteiger partial charge in [0.2, 0.25) is 5.91 Å². The summed E-state index contributed by atoms with van der Waals surface area (Å²) in [6.45, 7) is 4.61. The lowest BCUT2D eigenvalue weighted by Gasteiger charge is -2.21. The molecule has 0 radical (unpaired) electrons. The van der Waals surface area contributed by atoms with E-state index in [1.54, 1.807) is 6.20 Å². The molecular formula is C21H28N4O. The fraction of sp³-hybridized carbons (Fsp3) is 0.429. The van der Waals surface area contributed by atoms with Gasteiger partial charge in [-0.25, -0.2) is 0 Å². The highest BCUT2D eigenvalue weighted by Gasteiger charge is 2.18. The smallest absolute Gasteiger partial charge is 0.223 e. The zero-order chi connectivity index (χ0) is 18.2. The highest BCUT2D eigenvalue weighted by molar-refractivity contribution is 5.76. The van der Waals surface area contributed by atoms with Crippen LogP contribution in [0.1, 0.15) is 24.1 Å². The summed E-state index contributed by atoms with van der Waals surface area (Å²) < 4.78 is 1.84. The molecule has 0 unspecified atom stereocenters. The Labute approximate surface area is 155 Å². The van der Waals surface area contributed by atoms with Crippen molar-refractivity contribution >= 4 is 12.0 Å². The minimum absolute atomic E-state index is 0.257. The first kappa shape index (κ1) is 18.4. The molecule has 138 valence electrons. The molecule has 3 rings (SSSR count). The van der Waals surface area contributed by atoms with Crippen LogP contribution in [0.25, 0.3) is 6.08 Å². The Morgan fingerprint density at radius 1 is 1.12 bits per heavy atom. The molecule has 5 heteroatoms. The van der Waals surface area contributed by atoms with Crippen molar-refractivity contribution in [3.8, 4) is 0 Å². The number of aryl methyl sites for hydroxylation is 2. The molecule has 0 aliphatic carbocycles. The Morgan fingerprint density at radius 3 is 2.73 bits per heavy atom. The third kappa shape index (κ3) is 5.30. The number of nitrogens with zero attached hydrogens (tertiary/aromatic N) is 4. The van der Waals surface area contributed by atoms with Crippen molar-refractivity contribution < 1.29 is 4.79 Å². The molecule has 0 spiro atoms. The first-order valence-corrected chi connectivity index (χ1v) is 9.41. The molecule has 5 nitrogen and oxygen atoms in total. The zero-order valence-corrected chi connectivity index (χ0v) is 15.6. The predicted molar refractivity (Wildman–Crippen MR) is 105 cm³/mol. The summed E-state index contributed by atoms with van der Waals surface area (Å²) in [5.41, 5.74) is 2.34. The normalized spacial score (nSPS) is 16.1. The molecule has 2 heterocycles. The van der Waals surface area contributed by atoms with E-state index in [1.165, 1.54) is 5.56 Å². The van der Waals surface area contributed by atoms with Gasteiger partial charge in [0.05, 0.1) is 0 Å². The van der Waals surface area contributed by atoms with Gasteiger partial charge in [0, 0.05) is 58.1 Å². The molecule has 1 aromatic carbocycles.